The number of ketones is 1. The Morgan fingerprint density at radius 1 is 1.03 bits per heavy atom. The predicted molar refractivity (Wildman–Crippen MR) is 122 cm³/mol. The van der Waals surface area contributed by atoms with Gasteiger partial charge in [0.1, 0.15) is 0 Å². The fraction of sp³-hybridized carbons (Fsp3) is 0.174. The van der Waals surface area contributed by atoms with Crippen LogP contribution in [-0.2, 0) is 0 Å². The molecular formula is C23H21BrN2O5. The summed E-state index contributed by atoms with van der Waals surface area (Å²) in [6, 6.07) is 18.3. The Balaban J connectivity index is 1.92. The van der Waals surface area contributed by atoms with E-state index in [4.69, 9.17) is 9.47 Å². The zero-order chi connectivity index (χ0) is 22.4. The Kier molecular flexibility index (Phi) is 7.25. The molecule has 3 rings (SSSR count). The molecule has 0 radical (unpaired) electrons. The molecule has 1 atom stereocenters. The van der Waals surface area contributed by atoms with E-state index in [1.807, 2.05) is 24.3 Å². The molecule has 8 heteroatoms. The smallest absolute Gasteiger partial charge is 0.269 e. The quantitative estimate of drug-likeness (QED) is 0.234. The van der Waals surface area contributed by atoms with E-state index in [-0.39, 0.29) is 17.9 Å². The lowest BCUT2D eigenvalue weighted by Crippen LogP contribution is -2.16. The summed E-state index contributed by atoms with van der Waals surface area (Å²) in [7, 11) is 3.03. The van der Waals surface area contributed by atoms with Crippen LogP contribution < -0.4 is 14.8 Å². The summed E-state index contributed by atoms with van der Waals surface area (Å²) in [6.45, 7) is 0. The van der Waals surface area contributed by atoms with E-state index in [1.165, 1.54) is 26.4 Å². The Hall–Kier alpha value is -3.39. The Morgan fingerprint density at radius 3 is 2.39 bits per heavy atom. The first-order valence-electron chi connectivity index (χ1n) is 9.43. The number of non-ortho nitro benzene ring substituents is 1. The Morgan fingerprint density at radius 2 is 1.74 bits per heavy atom. The highest BCUT2D eigenvalue weighted by molar-refractivity contribution is 9.10. The maximum Gasteiger partial charge on any atom is 0.269 e. The first-order chi connectivity index (χ1) is 14.9. The van der Waals surface area contributed by atoms with Crippen LogP contribution in [0.25, 0.3) is 0 Å². The molecule has 160 valence electrons. The average molecular weight is 485 g/mol. The molecule has 0 amide bonds. The van der Waals surface area contributed by atoms with Crippen LogP contribution in [0.2, 0.25) is 0 Å². The van der Waals surface area contributed by atoms with Crippen molar-refractivity contribution < 1.29 is 19.2 Å². The fourth-order valence-corrected chi connectivity index (χ4v) is 3.43. The molecule has 3 aromatic rings. The number of nitro groups is 1. The van der Waals surface area contributed by atoms with E-state index in [0.717, 1.165) is 10.2 Å². The summed E-state index contributed by atoms with van der Waals surface area (Å²) in [5.41, 5.74) is 1.87. The monoisotopic (exact) mass is 484 g/mol. The van der Waals surface area contributed by atoms with Gasteiger partial charge >= 0.3 is 0 Å². The molecule has 1 N–H and O–H groups in total. The summed E-state index contributed by atoms with van der Waals surface area (Å²) in [5, 5.41) is 14.6. The first kappa shape index (κ1) is 22.3. The molecule has 31 heavy (non-hydrogen) atoms. The van der Waals surface area contributed by atoms with Crippen molar-refractivity contribution in [2.45, 2.75) is 12.5 Å². The summed E-state index contributed by atoms with van der Waals surface area (Å²) in [6.07, 6.45) is 0.0900. The number of hydrogen-bond acceptors (Lipinski definition) is 6. The van der Waals surface area contributed by atoms with E-state index in [1.54, 1.807) is 30.3 Å². The molecule has 0 spiro atoms. The van der Waals surface area contributed by atoms with Gasteiger partial charge in [-0.3, -0.25) is 14.9 Å². The highest BCUT2D eigenvalue weighted by Crippen LogP contribution is 2.31. The van der Waals surface area contributed by atoms with Crippen LogP contribution in [0.4, 0.5) is 11.4 Å². The van der Waals surface area contributed by atoms with Gasteiger partial charge in [-0.05, 0) is 48.0 Å². The molecule has 0 aromatic heterocycles. The van der Waals surface area contributed by atoms with Gasteiger partial charge in [0.2, 0.25) is 0 Å². The lowest BCUT2D eigenvalue weighted by molar-refractivity contribution is -0.384. The topological polar surface area (TPSA) is 90.7 Å². The van der Waals surface area contributed by atoms with Crippen LogP contribution in [0.3, 0.4) is 0 Å². The van der Waals surface area contributed by atoms with Crippen molar-refractivity contribution >= 4 is 33.1 Å². The molecule has 7 nitrogen and oxygen atoms in total. The van der Waals surface area contributed by atoms with Gasteiger partial charge in [0.25, 0.3) is 5.69 Å². The van der Waals surface area contributed by atoms with Gasteiger partial charge in [-0.1, -0.05) is 28.1 Å². The maximum atomic E-state index is 13.1. The third-order valence-corrected chi connectivity index (χ3v) is 5.29. The molecule has 0 aliphatic heterocycles. The van der Waals surface area contributed by atoms with Crippen molar-refractivity contribution in [3.05, 3.63) is 92.4 Å². The zero-order valence-electron chi connectivity index (χ0n) is 17.0. The summed E-state index contributed by atoms with van der Waals surface area (Å²) < 4.78 is 11.4. The van der Waals surface area contributed by atoms with Crippen molar-refractivity contribution in [2.75, 3.05) is 19.5 Å². The van der Waals surface area contributed by atoms with Gasteiger partial charge in [0.05, 0.1) is 25.2 Å². The number of ether oxygens (including phenoxy) is 2. The fourth-order valence-electron chi connectivity index (χ4n) is 3.17. The molecule has 0 aliphatic rings. The van der Waals surface area contributed by atoms with Crippen molar-refractivity contribution in [3.63, 3.8) is 0 Å². The van der Waals surface area contributed by atoms with Crippen LogP contribution in [-0.4, -0.2) is 24.9 Å². The second-order valence-electron chi connectivity index (χ2n) is 6.75. The summed E-state index contributed by atoms with van der Waals surface area (Å²) >= 11 is 3.40. The summed E-state index contributed by atoms with van der Waals surface area (Å²) in [4.78, 5) is 23.9. The van der Waals surface area contributed by atoms with Crippen LogP contribution >= 0.6 is 15.9 Å². The molecule has 1 unspecified atom stereocenters. The Bertz CT molecular complexity index is 1090. The van der Waals surface area contributed by atoms with Crippen molar-refractivity contribution in [2.24, 2.45) is 0 Å². The molecule has 3 aromatic carbocycles. The molecule has 0 saturated carbocycles. The molecule has 0 aliphatic carbocycles. The largest absolute Gasteiger partial charge is 0.493 e. The third kappa shape index (κ3) is 5.61. The minimum Gasteiger partial charge on any atom is -0.493 e. The normalized spacial score (nSPS) is 11.5. The van der Waals surface area contributed by atoms with Gasteiger partial charge in [0, 0.05) is 34.3 Å². The van der Waals surface area contributed by atoms with Crippen LogP contribution in [0, 0.1) is 10.1 Å². The highest BCUT2D eigenvalue weighted by Gasteiger charge is 2.20. The van der Waals surface area contributed by atoms with Crippen molar-refractivity contribution in [3.8, 4) is 11.5 Å². The number of benzene rings is 3. The average Bonchev–Trinajstić information content (AvgIpc) is 2.79. The number of anilines is 1. The van der Waals surface area contributed by atoms with E-state index < -0.39 is 11.0 Å². The number of carbonyl (C=O) groups excluding carboxylic acids is 1. The standard InChI is InChI=1S/C23H21BrN2O5/c1-30-22-11-6-16(13-23(22)31-2)21(27)14-20(25-18-9-7-17(24)8-10-18)15-4-3-5-19(12-15)26(28)29/h3-13,20,25H,14H2,1-2H3. The minimum atomic E-state index is -0.471. The zero-order valence-corrected chi connectivity index (χ0v) is 18.6. The number of nitrogens with one attached hydrogen (secondary N) is 1. The van der Waals surface area contributed by atoms with Crippen molar-refractivity contribution in [1.82, 2.24) is 0 Å². The molecule has 0 heterocycles. The second kappa shape index (κ2) is 10.1. The molecule has 0 bridgehead atoms. The number of nitrogens with zero attached hydrogens (tertiary/aromatic N) is 1. The van der Waals surface area contributed by atoms with Gasteiger partial charge in [-0.25, -0.2) is 0 Å². The number of nitro benzene ring substituents is 1. The van der Waals surface area contributed by atoms with Crippen molar-refractivity contribution in [1.29, 1.82) is 0 Å². The molecular weight excluding hydrogens is 464 g/mol. The summed E-state index contributed by atoms with van der Waals surface area (Å²) in [5.74, 6) is 0.852. The van der Waals surface area contributed by atoms with Crippen LogP contribution in [0.1, 0.15) is 28.4 Å². The number of rotatable bonds is 9. The lowest BCUT2D eigenvalue weighted by Gasteiger charge is -2.20. The predicted octanol–water partition coefficient (Wildman–Crippen LogP) is 5.80. The van der Waals surface area contributed by atoms with E-state index in [9.17, 15) is 14.9 Å². The van der Waals surface area contributed by atoms with Gasteiger partial charge < -0.3 is 14.8 Å². The van der Waals surface area contributed by atoms with Crippen LogP contribution in [0.5, 0.6) is 11.5 Å². The number of hydrogen-bond donors (Lipinski definition) is 1. The Labute approximate surface area is 188 Å². The van der Waals surface area contributed by atoms with Gasteiger partial charge in [-0.2, -0.15) is 0 Å². The minimum absolute atomic E-state index is 0.0290. The van der Waals surface area contributed by atoms with Crippen LogP contribution in [0.15, 0.2) is 71.2 Å². The van der Waals surface area contributed by atoms with E-state index >= 15 is 0 Å². The SMILES string of the molecule is COc1ccc(C(=O)CC(Nc2ccc(Br)cc2)c2cccc([N+](=O)[O-])c2)cc1OC. The number of Topliss-reactive ketones (excluding diaryl/α,β-unsaturated/α-hetero) is 1. The number of halogens is 1. The van der Waals surface area contributed by atoms with E-state index in [0.29, 0.717) is 22.6 Å². The number of carbonyl (C=O) groups is 1. The highest BCUT2D eigenvalue weighted by atomic mass is 79.9. The first-order valence-corrected chi connectivity index (χ1v) is 10.2. The molecule has 0 fully saturated rings. The number of methoxy groups -OCH3 is 2. The van der Waals surface area contributed by atoms with E-state index in [2.05, 4.69) is 21.2 Å². The lowest BCUT2D eigenvalue weighted by atomic mass is 9.97. The van der Waals surface area contributed by atoms with Gasteiger partial charge in [-0.15, -0.1) is 0 Å². The van der Waals surface area contributed by atoms with Gasteiger partial charge in [0.15, 0.2) is 17.3 Å². The maximum absolute atomic E-state index is 13.1. The molecule has 0 saturated heterocycles. The third-order valence-electron chi connectivity index (χ3n) is 4.76. The second-order valence-corrected chi connectivity index (χ2v) is 7.67.